The van der Waals surface area contributed by atoms with Crippen molar-refractivity contribution in [1.29, 1.82) is 0 Å². The van der Waals surface area contributed by atoms with E-state index in [1.54, 1.807) is 90.8 Å². The minimum atomic E-state index is -4.51. The molecule has 4 aliphatic carbocycles. The number of methoxy groups -OCH3 is 3. The molecule has 4 saturated carbocycles. The van der Waals surface area contributed by atoms with Crippen LogP contribution in [0.15, 0.2) is 108 Å². The number of fused-ring (bicyclic) bond motifs is 5. The van der Waals surface area contributed by atoms with E-state index in [1.807, 2.05) is 115 Å². The fourth-order valence-electron chi connectivity index (χ4n) is 20.0. The van der Waals surface area contributed by atoms with E-state index in [0.717, 1.165) is 136 Å². The quantitative estimate of drug-likeness (QED) is 0.0351. The molecule has 5 aliphatic heterocycles. The average molecular weight is 1920 g/mol. The Hall–Kier alpha value is -13.5. The van der Waals surface area contributed by atoms with E-state index in [0.29, 0.717) is 113 Å². The molecule has 8 N–H and O–H groups in total. The molecule has 742 valence electrons. The van der Waals surface area contributed by atoms with Crippen LogP contribution in [0.1, 0.15) is 179 Å². The third-order valence-electron chi connectivity index (χ3n) is 27.5. The molecular formula is C99H129F3N26O11. The van der Waals surface area contributed by atoms with Crippen LogP contribution in [0.25, 0.3) is 11.0 Å². The number of piperazine rings is 1. The lowest BCUT2D eigenvalue weighted by Crippen LogP contribution is -2.47. The van der Waals surface area contributed by atoms with E-state index in [2.05, 4.69) is 88.0 Å². The molecule has 10 heterocycles. The van der Waals surface area contributed by atoms with E-state index in [-0.39, 0.29) is 71.0 Å². The van der Waals surface area contributed by atoms with E-state index in [9.17, 15) is 51.5 Å². The first-order valence-corrected chi connectivity index (χ1v) is 47.7. The molecule has 5 fully saturated rings. The normalized spacial score (nSPS) is 18.9. The van der Waals surface area contributed by atoms with Crippen LogP contribution in [0, 0.1) is 21.7 Å². The standard InChI is InChI=1S/C27H37N7O2.C25H31F3N6O3.C25H34N6O4.C22H27N7O2/c1-27(2)18-34(21-10-5-6-11-21)23-22(32(4)25(27)36)17-28-26(30-23)29-20-9-7-8-19(16-20)24(35)33-14-12-31(3)13-15-33;1-24(2)14-34(16-7-5-6-8-16)20-18(33(3)22(24)36)12-29-23(32-20)31-17-10-9-15(11-19(17)37-4)21(35)30-13-25(26,27)28;1-25(2)15-31(17-8-6-7-9-17)22-19(30(3)23(25)33)13-26-24(29-22)28-18-11-10-16(12-20(18)35-5)27-21(32)14-34-4;1-22(2)12-29(14-6-4-5-7-14)18-17(28(3)19(22)30)11-23-20(27-18)24-13-8-9-15-16(10-13)26-21(31)25-15/h7-9,16-17,21H,5-6,10-15,18H2,1-4H3,(H,28,29,30);9-12,16H,5-8,13-14H2,1-4H3,(H,30,35)(H,29,31,32);10-13,17H,6-9,14-15H2,1-5H3,(H,27,32)(H,26,28,29);8-11,14H,4-7,12H2,1-3H3,(H,23,24,27)(H2,25,26,31). The van der Waals surface area contributed by atoms with Crippen molar-refractivity contribution in [3.05, 3.63) is 125 Å². The molecule has 7 amide bonds. The molecule has 1 saturated heterocycles. The van der Waals surface area contributed by atoms with Crippen LogP contribution in [-0.4, -0.2) is 253 Å². The minimum Gasteiger partial charge on any atom is -0.495 e. The number of imidazole rings is 1. The molecule has 139 heavy (non-hydrogen) atoms. The van der Waals surface area contributed by atoms with Crippen LogP contribution in [-0.2, 0) is 28.7 Å². The zero-order valence-electron chi connectivity index (χ0n) is 82.2. The van der Waals surface area contributed by atoms with Gasteiger partial charge in [-0.3, -0.25) is 33.6 Å². The summed E-state index contributed by atoms with van der Waals surface area (Å²) in [6.07, 6.45) is 20.3. The second kappa shape index (κ2) is 41.6. The molecule has 0 unspecified atom stereocenters. The van der Waals surface area contributed by atoms with Gasteiger partial charge in [0.1, 0.15) is 47.4 Å². The van der Waals surface area contributed by atoms with Crippen molar-refractivity contribution >= 4 is 151 Å². The smallest absolute Gasteiger partial charge is 0.405 e. The number of anilines is 17. The number of nitrogens with one attached hydrogen (secondary N) is 8. The van der Waals surface area contributed by atoms with Crippen molar-refractivity contribution in [3.63, 3.8) is 0 Å². The molecule has 0 spiro atoms. The molecular weight excluding hydrogens is 1790 g/mol. The summed E-state index contributed by atoms with van der Waals surface area (Å²) in [5, 5.41) is 17.5. The van der Waals surface area contributed by atoms with Crippen molar-refractivity contribution in [2.24, 2.45) is 21.7 Å². The Labute approximate surface area is 807 Å². The van der Waals surface area contributed by atoms with Gasteiger partial charge in [0.05, 0.1) is 83.1 Å². The summed E-state index contributed by atoms with van der Waals surface area (Å²) in [5.41, 5.74) is 5.70. The van der Waals surface area contributed by atoms with Crippen molar-refractivity contribution in [1.82, 2.24) is 65.0 Å². The first kappa shape index (κ1) is 99.9. The Morgan fingerprint density at radius 1 is 0.432 bits per heavy atom. The zero-order valence-corrected chi connectivity index (χ0v) is 82.2. The number of rotatable bonds is 20. The number of likely N-dealkylation sites (N-methyl/N-ethyl adjacent to an activating group) is 1. The van der Waals surface area contributed by atoms with Crippen LogP contribution in [0.2, 0.25) is 0 Å². The number of aromatic nitrogens is 10. The molecule has 0 bridgehead atoms. The van der Waals surface area contributed by atoms with Gasteiger partial charge in [-0.05, 0) is 181 Å². The summed E-state index contributed by atoms with van der Waals surface area (Å²) in [4.78, 5) is 164. The molecule has 37 nitrogen and oxygen atoms in total. The highest BCUT2D eigenvalue weighted by Gasteiger charge is 2.47. The lowest BCUT2D eigenvalue weighted by molar-refractivity contribution is -0.126. The van der Waals surface area contributed by atoms with E-state index < -0.39 is 40.3 Å². The topological polar surface area (TPSA) is 404 Å². The number of alkyl halides is 3. The summed E-state index contributed by atoms with van der Waals surface area (Å²) in [7, 11) is 13.6. The molecule has 0 radical (unpaired) electrons. The van der Waals surface area contributed by atoms with Gasteiger partial charge in [0.25, 0.3) is 11.8 Å². The van der Waals surface area contributed by atoms with Gasteiger partial charge in [-0.1, -0.05) is 57.4 Å². The highest BCUT2D eigenvalue weighted by atomic mass is 19.4. The fraction of sp³-hybridized carbons (Fsp3) is 0.515. The molecule has 40 heteroatoms. The Bertz CT molecular complexity index is 6080. The average Bonchev–Trinajstić information content (AvgIpc) is 1.64. The fourth-order valence-corrected chi connectivity index (χ4v) is 20.0. The Morgan fingerprint density at radius 2 is 0.799 bits per heavy atom. The van der Waals surface area contributed by atoms with E-state index in [1.165, 1.54) is 70.9 Å². The molecule has 5 aromatic heterocycles. The largest absolute Gasteiger partial charge is 0.495 e. The Balaban J connectivity index is 0.000000141. The second-order valence-corrected chi connectivity index (χ2v) is 40.0. The van der Waals surface area contributed by atoms with Gasteiger partial charge in [-0.2, -0.15) is 33.1 Å². The number of hydrogen-bond donors (Lipinski definition) is 8. The summed E-state index contributed by atoms with van der Waals surface area (Å²) in [5.74, 6) is 4.46. The first-order chi connectivity index (χ1) is 66.2. The van der Waals surface area contributed by atoms with Gasteiger partial charge < -0.3 is 105 Å². The zero-order chi connectivity index (χ0) is 99.3. The summed E-state index contributed by atoms with van der Waals surface area (Å²) >= 11 is 0. The van der Waals surface area contributed by atoms with Gasteiger partial charge in [0.2, 0.25) is 53.3 Å². The van der Waals surface area contributed by atoms with Gasteiger partial charge in [-0.15, -0.1) is 0 Å². The molecule has 4 aromatic carbocycles. The predicted molar refractivity (Wildman–Crippen MR) is 532 cm³/mol. The van der Waals surface area contributed by atoms with Crippen molar-refractivity contribution in [2.75, 3.05) is 188 Å². The number of halogens is 3. The first-order valence-electron chi connectivity index (χ1n) is 47.7. The molecule has 18 rings (SSSR count). The highest BCUT2D eigenvalue weighted by molar-refractivity contribution is 6.05. The minimum absolute atomic E-state index is 0.0142. The van der Waals surface area contributed by atoms with Crippen molar-refractivity contribution < 1.29 is 60.9 Å². The SMILES string of the molecule is CN1C(=O)C(C)(C)CN(C2CCCC2)c2nc(Nc3ccc4[nH]c(=O)[nH]c4c3)ncc21.CN1CCN(C(=O)c2cccc(Nc3ncc4c(n3)N(C3CCCC3)CC(C)(C)C(=O)N4C)c2)CC1.COCC(=O)Nc1ccc(Nc2ncc3c(n2)N(C2CCCC2)CC(C)(C)C(=O)N3C)c(OC)c1.COc1cc(C(=O)NCC(F)(F)F)ccc1Nc1ncc2c(n1)N(C1CCCC1)CC(C)(C)C(=O)N2C. The van der Waals surface area contributed by atoms with E-state index >= 15 is 0 Å². The molecule has 9 aromatic rings. The number of benzene rings is 4. The number of amides is 7. The second-order valence-electron chi connectivity index (χ2n) is 40.0. The number of hydrogen-bond acceptors (Lipinski definition) is 28. The monoisotopic (exact) mass is 1920 g/mol. The molecule has 9 aliphatic rings. The maximum absolute atomic E-state index is 13.2. The summed E-state index contributed by atoms with van der Waals surface area (Å²) < 4.78 is 53.1. The number of H-pyrrole nitrogens is 2. The summed E-state index contributed by atoms with van der Waals surface area (Å²) in [6, 6.07) is 24.0. The van der Waals surface area contributed by atoms with Crippen LogP contribution < -0.4 is 86.3 Å². The lowest BCUT2D eigenvalue weighted by Gasteiger charge is -2.34. The third kappa shape index (κ3) is 22.7. The van der Waals surface area contributed by atoms with Gasteiger partial charge in [0, 0.05) is 146 Å². The van der Waals surface area contributed by atoms with Crippen LogP contribution >= 0.6 is 0 Å². The van der Waals surface area contributed by atoms with Crippen molar-refractivity contribution in [3.8, 4) is 11.5 Å². The number of carbonyl (C=O) groups is 7. The Morgan fingerprint density at radius 3 is 1.19 bits per heavy atom. The molecule has 0 atom stereocenters. The lowest BCUT2D eigenvalue weighted by atomic mass is 9.91. The maximum atomic E-state index is 13.2. The van der Waals surface area contributed by atoms with Gasteiger partial charge in [-0.25, -0.2) is 24.7 Å². The number of nitrogens with zero attached hydrogens (tertiary/aromatic N) is 18. The van der Waals surface area contributed by atoms with Crippen LogP contribution in [0.5, 0.6) is 11.5 Å². The predicted octanol–water partition coefficient (Wildman–Crippen LogP) is 14.3. The van der Waals surface area contributed by atoms with Crippen LogP contribution in [0.3, 0.4) is 0 Å². The Kier molecular flexibility index (Phi) is 29.9. The number of aromatic amines is 2. The third-order valence-corrected chi connectivity index (χ3v) is 27.5. The number of carbonyl (C=O) groups excluding carboxylic acids is 7. The maximum Gasteiger partial charge on any atom is 0.405 e. The van der Waals surface area contributed by atoms with Gasteiger partial charge >= 0.3 is 11.9 Å². The van der Waals surface area contributed by atoms with Gasteiger partial charge in [0.15, 0.2) is 23.3 Å². The van der Waals surface area contributed by atoms with Crippen LogP contribution in [0.4, 0.5) is 111 Å². The summed E-state index contributed by atoms with van der Waals surface area (Å²) in [6.45, 7) is 20.0. The highest BCUT2D eigenvalue weighted by Crippen LogP contribution is 2.47. The number of ether oxygens (including phenoxy) is 3. The van der Waals surface area contributed by atoms with E-state index in [4.69, 9.17) is 34.1 Å². The van der Waals surface area contributed by atoms with Crippen molar-refractivity contribution in [2.45, 2.75) is 188 Å².